The number of primary amides is 1. The number of benzene rings is 1. The van der Waals surface area contributed by atoms with Crippen LogP contribution in [0.3, 0.4) is 0 Å². The third kappa shape index (κ3) is 4.18. The highest BCUT2D eigenvalue weighted by Crippen LogP contribution is 2.24. The summed E-state index contributed by atoms with van der Waals surface area (Å²) in [5.41, 5.74) is 5.82. The zero-order valence-corrected chi connectivity index (χ0v) is 12.2. The number of rotatable bonds is 5. The quantitative estimate of drug-likeness (QED) is 0.908. The number of carbonyl (C=O) groups is 1. The van der Waals surface area contributed by atoms with Gasteiger partial charge in [-0.2, -0.15) is 0 Å². The maximum absolute atomic E-state index is 13.9. The van der Waals surface area contributed by atoms with Crippen LogP contribution in [0, 0.1) is 11.7 Å². The maximum Gasteiger partial charge on any atom is 0.217 e. The van der Waals surface area contributed by atoms with Crippen LogP contribution in [0.2, 0.25) is 5.02 Å². The van der Waals surface area contributed by atoms with E-state index < -0.39 is 0 Å². The molecule has 0 bridgehead atoms. The standard InChI is InChI=1S/C15H20ClFN2O/c16-13-5-1-4-12(15(13)17)10-19-8-2-3-11(9-19)6-7-14(18)20/h1,4-5,11H,2-3,6-10H2,(H2,18,20)/t11-/m1/s1. The number of nitrogens with two attached hydrogens (primary N) is 1. The summed E-state index contributed by atoms with van der Waals surface area (Å²) in [6.07, 6.45) is 3.45. The van der Waals surface area contributed by atoms with Crippen LogP contribution in [0.1, 0.15) is 31.2 Å². The molecule has 1 heterocycles. The summed E-state index contributed by atoms with van der Waals surface area (Å²) in [5, 5.41) is 0.171. The van der Waals surface area contributed by atoms with Crippen molar-refractivity contribution < 1.29 is 9.18 Å². The first-order valence-corrected chi connectivity index (χ1v) is 7.37. The lowest BCUT2D eigenvalue weighted by Crippen LogP contribution is -2.35. The Kier molecular flexibility index (Phi) is 5.38. The molecule has 110 valence electrons. The van der Waals surface area contributed by atoms with Gasteiger partial charge in [-0.05, 0) is 37.8 Å². The van der Waals surface area contributed by atoms with E-state index >= 15 is 0 Å². The molecule has 0 unspecified atom stereocenters. The van der Waals surface area contributed by atoms with E-state index in [0.29, 0.717) is 24.4 Å². The van der Waals surface area contributed by atoms with E-state index in [9.17, 15) is 9.18 Å². The molecule has 0 spiro atoms. The summed E-state index contributed by atoms with van der Waals surface area (Å²) in [6.45, 7) is 2.41. The van der Waals surface area contributed by atoms with Gasteiger partial charge in [0, 0.05) is 25.1 Å². The molecule has 1 aromatic rings. The van der Waals surface area contributed by atoms with Gasteiger partial charge in [0.05, 0.1) is 5.02 Å². The molecule has 1 aromatic carbocycles. The minimum Gasteiger partial charge on any atom is -0.370 e. The zero-order valence-electron chi connectivity index (χ0n) is 11.4. The van der Waals surface area contributed by atoms with Crippen molar-refractivity contribution in [3.05, 3.63) is 34.6 Å². The Hall–Kier alpha value is -1.13. The summed E-state index contributed by atoms with van der Waals surface area (Å²) < 4.78 is 13.9. The minimum atomic E-state index is -0.326. The lowest BCUT2D eigenvalue weighted by molar-refractivity contribution is -0.118. The summed E-state index contributed by atoms with van der Waals surface area (Å²) in [6, 6.07) is 5.11. The largest absolute Gasteiger partial charge is 0.370 e. The third-order valence-electron chi connectivity index (χ3n) is 3.83. The molecule has 1 aliphatic rings. The first-order valence-electron chi connectivity index (χ1n) is 7.00. The van der Waals surface area contributed by atoms with Crippen molar-refractivity contribution in [1.29, 1.82) is 0 Å². The van der Waals surface area contributed by atoms with Crippen molar-refractivity contribution >= 4 is 17.5 Å². The topological polar surface area (TPSA) is 46.3 Å². The molecule has 20 heavy (non-hydrogen) atoms. The fraction of sp³-hybridized carbons (Fsp3) is 0.533. The molecule has 0 aliphatic carbocycles. The highest BCUT2D eigenvalue weighted by molar-refractivity contribution is 6.30. The molecule has 2 N–H and O–H groups in total. The van der Waals surface area contributed by atoms with Crippen molar-refractivity contribution in [1.82, 2.24) is 4.90 Å². The number of hydrogen-bond acceptors (Lipinski definition) is 2. The molecule has 3 nitrogen and oxygen atoms in total. The van der Waals surface area contributed by atoms with E-state index in [2.05, 4.69) is 4.90 Å². The van der Waals surface area contributed by atoms with Crippen LogP contribution in [0.5, 0.6) is 0 Å². The second-order valence-electron chi connectivity index (χ2n) is 5.46. The van der Waals surface area contributed by atoms with E-state index in [4.69, 9.17) is 17.3 Å². The van der Waals surface area contributed by atoms with Crippen LogP contribution in [-0.2, 0) is 11.3 Å². The first-order chi connectivity index (χ1) is 9.56. The molecule has 1 saturated heterocycles. The van der Waals surface area contributed by atoms with Crippen molar-refractivity contribution in [2.24, 2.45) is 11.7 Å². The maximum atomic E-state index is 13.9. The van der Waals surface area contributed by atoms with Gasteiger partial charge in [0.2, 0.25) is 5.91 Å². The minimum absolute atomic E-state index is 0.171. The number of piperidine rings is 1. The van der Waals surface area contributed by atoms with Crippen LogP contribution < -0.4 is 5.73 Å². The summed E-state index contributed by atoms with van der Waals surface area (Å²) in [7, 11) is 0. The highest BCUT2D eigenvalue weighted by atomic mass is 35.5. The van der Waals surface area contributed by atoms with Crippen LogP contribution in [-0.4, -0.2) is 23.9 Å². The van der Waals surface area contributed by atoms with Crippen LogP contribution in [0.25, 0.3) is 0 Å². The Morgan fingerprint density at radius 2 is 2.30 bits per heavy atom. The summed E-state index contributed by atoms with van der Waals surface area (Å²) in [5.74, 6) is -0.102. The van der Waals surface area contributed by atoms with Gasteiger partial charge in [0.1, 0.15) is 5.82 Å². The summed E-state index contributed by atoms with van der Waals surface area (Å²) in [4.78, 5) is 13.1. The fourth-order valence-electron chi connectivity index (χ4n) is 2.79. The Bertz CT molecular complexity index is 481. The van der Waals surface area contributed by atoms with Gasteiger partial charge in [-0.15, -0.1) is 0 Å². The lowest BCUT2D eigenvalue weighted by atomic mass is 9.93. The van der Waals surface area contributed by atoms with E-state index in [0.717, 1.165) is 32.4 Å². The van der Waals surface area contributed by atoms with Crippen molar-refractivity contribution in [2.45, 2.75) is 32.2 Å². The van der Waals surface area contributed by atoms with Crippen LogP contribution in [0.4, 0.5) is 4.39 Å². The molecule has 5 heteroatoms. The Morgan fingerprint density at radius 1 is 1.50 bits per heavy atom. The SMILES string of the molecule is NC(=O)CC[C@H]1CCCN(Cc2cccc(Cl)c2F)C1. The second kappa shape index (κ2) is 7.04. The van der Waals surface area contributed by atoms with E-state index in [-0.39, 0.29) is 16.7 Å². The molecule has 2 rings (SSSR count). The lowest BCUT2D eigenvalue weighted by Gasteiger charge is -2.32. The zero-order chi connectivity index (χ0) is 14.5. The average molecular weight is 299 g/mol. The predicted octanol–water partition coefficient (Wildman–Crippen LogP) is 2.96. The number of carbonyl (C=O) groups excluding carboxylic acids is 1. The van der Waals surface area contributed by atoms with Gasteiger partial charge in [0.25, 0.3) is 0 Å². The molecule has 0 aromatic heterocycles. The van der Waals surface area contributed by atoms with Gasteiger partial charge in [-0.25, -0.2) is 4.39 Å². The number of hydrogen-bond donors (Lipinski definition) is 1. The van der Waals surface area contributed by atoms with E-state index in [1.54, 1.807) is 18.2 Å². The fourth-order valence-corrected chi connectivity index (χ4v) is 2.98. The number of likely N-dealkylation sites (tertiary alicyclic amines) is 1. The molecule has 1 amide bonds. The van der Waals surface area contributed by atoms with Crippen molar-refractivity contribution in [3.8, 4) is 0 Å². The van der Waals surface area contributed by atoms with Gasteiger partial charge >= 0.3 is 0 Å². The van der Waals surface area contributed by atoms with E-state index in [1.807, 2.05) is 0 Å². The van der Waals surface area contributed by atoms with Crippen LogP contribution in [0.15, 0.2) is 18.2 Å². The monoisotopic (exact) mass is 298 g/mol. The van der Waals surface area contributed by atoms with Crippen molar-refractivity contribution in [3.63, 3.8) is 0 Å². The Labute approximate surface area is 123 Å². The molecule has 1 fully saturated rings. The molecular formula is C15H20ClFN2O. The number of halogens is 2. The molecule has 0 radical (unpaired) electrons. The smallest absolute Gasteiger partial charge is 0.217 e. The predicted molar refractivity (Wildman–Crippen MR) is 77.8 cm³/mol. The first kappa shape index (κ1) is 15.3. The Balaban J connectivity index is 1.92. The van der Waals surface area contributed by atoms with Gasteiger partial charge in [-0.3, -0.25) is 9.69 Å². The Morgan fingerprint density at radius 3 is 3.05 bits per heavy atom. The average Bonchev–Trinajstić information content (AvgIpc) is 2.42. The second-order valence-corrected chi connectivity index (χ2v) is 5.87. The van der Waals surface area contributed by atoms with Gasteiger partial charge in [-0.1, -0.05) is 23.7 Å². The molecule has 1 aliphatic heterocycles. The molecule has 0 saturated carbocycles. The van der Waals surface area contributed by atoms with Gasteiger partial charge < -0.3 is 5.73 Å². The summed E-state index contributed by atoms with van der Waals surface area (Å²) >= 11 is 5.80. The van der Waals surface area contributed by atoms with Crippen molar-refractivity contribution in [2.75, 3.05) is 13.1 Å². The van der Waals surface area contributed by atoms with E-state index in [1.165, 1.54) is 0 Å². The third-order valence-corrected chi connectivity index (χ3v) is 4.12. The number of amides is 1. The molecule has 1 atom stereocenters. The van der Waals surface area contributed by atoms with Crippen LogP contribution >= 0.6 is 11.6 Å². The molecular weight excluding hydrogens is 279 g/mol. The normalized spacial score (nSPS) is 20.0. The number of nitrogens with zero attached hydrogens (tertiary/aromatic N) is 1. The van der Waals surface area contributed by atoms with Gasteiger partial charge in [0.15, 0.2) is 0 Å². The highest BCUT2D eigenvalue weighted by Gasteiger charge is 2.21.